The van der Waals surface area contributed by atoms with E-state index in [0.29, 0.717) is 12.2 Å². The molecule has 0 unspecified atom stereocenters. The Labute approximate surface area is 92.5 Å². The molecule has 0 amide bonds. The lowest BCUT2D eigenvalue weighted by Gasteiger charge is -2.07. The van der Waals surface area contributed by atoms with Crippen molar-refractivity contribution in [2.24, 2.45) is 7.05 Å². The van der Waals surface area contributed by atoms with Gasteiger partial charge in [-0.3, -0.25) is 0 Å². The number of aryl methyl sites for hydroxylation is 1. The number of nitrogens with zero attached hydrogens (tertiary/aromatic N) is 1. The molecule has 2 aromatic rings. The summed E-state index contributed by atoms with van der Waals surface area (Å²) >= 11 is 0. The molecule has 1 heterocycles. The minimum atomic E-state index is -0.836. The van der Waals surface area contributed by atoms with E-state index >= 15 is 0 Å². The number of aromatic nitrogens is 1. The van der Waals surface area contributed by atoms with Gasteiger partial charge in [0.15, 0.2) is 11.6 Å². The smallest absolute Gasteiger partial charge is 0.160 e. The lowest BCUT2D eigenvalue weighted by atomic mass is 10.3. The highest BCUT2D eigenvalue weighted by atomic mass is 19.2. The van der Waals surface area contributed by atoms with Crippen LogP contribution in [0.5, 0.6) is 0 Å². The van der Waals surface area contributed by atoms with Gasteiger partial charge in [0.1, 0.15) is 0 Å². The van der Waals surface area contributed by atoms with Crippen molar-refractivity contribution in [1.82, 2.24) is 4.57 Å². The predicted molar refractivity (Wildman–Crippen MR) is 59.1 cm³/mol. The number of benzene rings is 1. The van der Waals surface area contributed by atoms with Gasteiger partial charge in [0.05, 0.1) is 6.54 Å². The van der Waals surface area contributed by atoms with E-state index in [1.54, 1.807) is 0 Å². The Morgan fingerprint density at radius 1 is 1.19 bits per heavy atom. The number of anilines is 1. The zero-order valence-corrected chi connectivity index (χ0v) is 8.87. The van der Waals surface area contributed by atoms with E-state index in [-0.39, 0.29) is 0 Å². The molecule has 0 aliphatic carbocycles. The van der Waals surface area contributed by atoms with Crippen LogP contribution in [0.1, 0.15) is 5.69 Å². The third kappa shape index (κ3) is 2.21. The average Bonchev–Trinajstić information content (AvgIpc) is 2.66. The summed E-state index contributed by atoms with van der Waals surface area (Å²) in [5, 5.41) is 3.03. The summed E-state index contributed by atoms with van der Waals surface area (Å²) in [5.74, 6) is -1.67. The maximum atomic E-state index is 12.9. The average molecular weight is 222 g/mol. The second-order valence-corrected chi connectivity index (χ2v) is 3.59. The molecular formula is C12H12F2N2. The molecule has 2 rings (SSSR count). The maximum Gasteiger partial charge on any atom is 0.160 e. The third-order valence-electron chi connectivity index (χ3n) is 2.44. The van der Waals surface area contributed by atoms with Gasteiger partial charge in [0.25, 0.3) is 0 Å². The summed E-state index contributed by atoms with van der Waals surface area (Å²) in [7, 11) is 1.93. The number of hydrogen-bond donors (Lipinski definition) is 1. The van der Waals surface area contributed by atoms with Gasteiger partial charge in [-0.15, -0.1) is 0 Å². The molecule has 4 heteroatoms. The largest absolute Gasteiger partial charge is 0.379 e. The highest BCUT2D eigenvalue weighted by molar-refractivity contribution is 5.43. The normalized spacial score (nSPS) is 10.4. The van der Waals surface area contributed by atoms with Gasteiger partial charge < -0.3 is 9.88 Å². The molecule has 0 atom stereocenters. The van der Waals surface area contributed by atoms with Crippen molar-refractivity contribution in [2.45, 2.75) is 6.54 Å². The van der Waals surface area contributed by atoms with E-state index in [1.807, 2.05) is 29.9 Å². The SMILES string of the molecule is Cn1cccc1CNc1ccc(F)c(F)c1. The molecule has 0 aliphatic rings. The van der Waals surface area contributed by atoms with E-state index < -0.39 is 11.6 Å². The van der Waals surface area contributed by atoms with Crippen LogP contribution in [0, 0.1) is 11.6 Å². The Morgan fingerprint density at radius 2 is 2.00 bits per heavy atom. The summed E-state index contributed by atoms with van der Waals surface area (Å²) in [6.07, 6.45) is 1.93. The Morgan fingerprint density at radius 3 is 2.62 bits per heavy atom. The van der Waals surface area contributed by atoms with E-state index in [4.69, 9.17) is 0 Å². The predicted octanol–water partition coefficient (Wildman–Crippen LogP) is 2.92. The summed E-state index contributed by atoms with van der Waals surface area (Å²) < 4.78 is 27.5. The van der Waals surface area contributed by atoms with Crippen LogP contribution < -0.4 is 5.32 Å². The minimum absolute atomic E-state index is 0.570. The van der Waals surface area contributed by atoms with E-state index in [1.165, 1.54) is 6.07 Å². The number of nitrogens with one attached hydrogen (secondary N) is 1. The van der Waals surface area contributed by atoms with Gasteiger partial charge in [-0.25, -0.2) is 8.78 Å². The standard InChI is InChI=1S/C12H12F2N2/c1-16-6-2-3-10(16)8-15-9-4-5-11(13)12(14)7-9/h2-7,15H,8H2,1H3. The molecule has 2 nitrogen and oxygen atoms in total. The van der Waals surface area contributed by atoms with Gasteiger partial charge in [-0.05, 0) is 24.3 Å². The van der Waals surface area contributed by atoms with E-state index in [0.717, 1.165) is 17.8 Å². The molecule has 84 valence electrons. The second-order valence-electron chi connectivity index (χ2n) is 3.59. The number of hydrogen-bond acceptors (Lipinski definition) is 1. The van der Waals surface area contributed by atoms with Crippen LogP contribution in [0.25, 0.3) is 0 Å². The lowest BCUT2D eigenvalue weighted by molar-refractivity contribution is 0.509. The van der Waals surface area contributed by atoms with Gasteiger partial charge in [0.2, 0.25) is 0 Å². The van der Waals surface area contributed by atoms with Crippen molar-refractivity contribution in [3.05, 3.63) is 53.9 Å². The van der Waals surface area contributed by atoms with Crippen molar-refractivity contribution >= 4 is 5.69 Å². The molecule has 1 aromatic carbocycles. The Hall–Kier alpha value is -1.84. The van der Waals surface area contributed by atoms with Crippen LogP contribution in [-0.2, 0) is 13.6 Å². The summed E-state index contributed by atoms with van der Waals surface area (Å²) in [6, 6.07) is 7.68. The number of halogens is 2. The zero-order valence-electron chi connectivity index (χ0n) is 8.87. The number of rotatable bonds is 3. The fourth-order valence-corrected chi connectivity index (χ4v) is 1.48. The molecule has 0 radical (unpaired) electrons. The molecule has 0 aliphatic heterocycles. The first-order valence-corrected chi connectivity index (χ1v) is 4.96. The Bertz CT molecular complexity index is 492. The van der Waals surface area contributed by atoms with Crippen molar-refractivity contribution in [1.29, 1.82) is 0 Å². The van der Waals surface area contributed by atoms with Crippen LogP contribution in [0.15, 0.2) is 36.5 Å². The highest BCUT2D eigenvalue weighted by Crippen LogP contribution is 2.14. The molecule has 1 N–H and O–H groups in total. The van der Waals surface area contributed by atoms with Gasteiger partial charge in [-0.1, -0.05) is 0 Å². The fraction of sp³-hybridized carbons (Fsp3) is 0.167. The van der Waals surface area contributed by atoms with E-state index in [2.05, 4.69) is 5.32 Å². The van der Waals surface area contributed by atoms with Gasteiger partial charge in [0, 0.05) is 30.7 Å². The van der Waals surface area contributed by atoms with Crippen LogP contribution in [0.3, 0.4) is 0 Å². The van der Waals surface area contributed by atoms with Crippen LogP contribution in [0.2, 0.25) is 0 Å². The van der Waals surface area contributed by atoms with Gasteiger partial charge in [-0.2, -0.15) is 0 Å². The molecule has 0 saturated carbocycles. The topological polar surface area (TPSA) is 17.0 Å². The minimum Gasteiger partial charge on any atom is -0.379 e. The lowest BCUT2D eigenvalue weighted by Crippen LogP contribution is -2.04. The molecule has 0 spiro atoms. The summed E-state index contributed by atoms with van der Waals surface area (Å²) in [5.41, 5.74) is 1.64. The highest BCUT2D eigenvalue weighted by Gasteiger charge is 2.02. The zero-order chi connectivity index (χ0) is 11.5. The summed E-state index contributed by atoms with van der Waals surface area (Å²) in [4.78, 5) is 0. The molecule has 1 aromatic heterocycles. The van der Waals surface area contributed by atoms with Crippen molar-refractivity contribution in [3.63, 3.8) is 0 Å². The van der Waals surface area contributed by atoms with Gasteiger partial charge >= 0.3 is 0 Å². The van der Waals surface area contributed by atoms with Crippen molar-refractivity contribution in [2.75, 3.05) is 5.32 Å². The Balaban J connectivity index is 2.05. The molecule has 0 fully saturated rings. The molecular weight excluding hydrogens is 210 g/mol. The third-order valence-corrected chi connectivity index (χ3v) is 2.44. The monoisotopic (exact) mass is 222 g/mol. The van der Waals surface area contributed by atoms with E-state index in [9.17, 15) is 8.78 Å². The van der Waals surface area contributed by atoms with Crippen LogP contribution >= 0.6 is 0 Å². The maximum absolute atomic E-state index is 12.9. The molecule has 16 heavy (non-hydrogen) atoms. The fourth-order valence-electron chi connectivity index (χ4n) is 1.48. The quantitative estimate of drug-likeness (QED) is 0.844. The summed E-state index contributed by atoms with van der Waals surface area (Å²) in [6.45, 7) is 0.578. The Kier molecular flexibility index (Phi) is 2.90. The van der Waals surface area contributed by atoms with Crippen molar-refractivity contribution < 1.29 is 8.78 Å². The first-order valence-electron chi connectivity index (χ1n) is 4.96. The van der Waals surface area contributed by atoms with Crippen LogP contribution in [-0.4, -0.2) is 4.57 Å². The second kappa shape index (κ2) is 4.35. The van der Waals surface area contributed by atoms with Crippen molar-refractivity contribution in [3.8, 4) is 0 Å². The first-order chi connectivity index (χ1) is 7.66. The molecule has 0 saturated heterocycles. The molecule has 0 bridgehead atoms. The first kappa shape index (κ1) is 10.7. The van der Waals surface area contributed by atoms with Crippen LogP contribution in [0.4, 0.5) is 14.5 Å².